The van der Waals surface area contributed by atoms with Crippen LogP contribution in [0.4, 0.5) is 0 Å². The largest absolute Gasteiger partial charge is 0.382 e. The van der Waals surface area contributed by atoms with Gasteiger partial charge in [0.1, 0.15) is 6.10 Å². The molecule has 0 aliphatic carbocycles. The molecule has 5 nitrogen and oxygen atoms in total. The van der Waals surface area contributed by atoms with Crippen molar-refractivity contribution in [1.82, 2.24) is 10.1 Å². The first-order valence-corrected chi connectivity index (χ1v) is 6.57. The monoisotopic (exact) mass is 265 g/mol. The third-order valence-corrected chi connectivity index (χ3v) is 3.34. The fraction of sp³-hybridized carbons (Fsp3) is 0.333. The van der Waals surface area contributed by atoms with E-state index in [4.69, 9.17) is 10.3 Å². The second-order valence-corrected chi connectivity index (χ2v) is 4.95. The zero-order valence-corrected chi connectivity index (χ0v) is 10.9. The lowest BCUT2D eigenvalue weighted by molar-refractivity contribution is 0.141. The highest BCUT2D eigenvalue weighted by Crippen LogP contribution is 2.22. The number of benzene rings is 1. The molecule has 0 radical (unpaired) electrons. The maximum absolute atomic E-state index is 9.44. The summed E-state index contributed by atoms with van der Waals surface area (Å²) in [5.74, 6) is 1.34. The molecule has 96 valence electrons. The van der Waals surface area contributed by atoms with E-state index in [1.165, 1.54) is 5.56 Å². The molecule has 0 bridgehead atoms. The van der Waals surface area contributed by atoms with Crippen LogP contribution in [0.25, 0.3) is 0 Å². The van der Waals surface area contributed by atoms with E-state index < -0.39 is 6.10 Å². The Morgan fingerprint density at radius 3 is 3.06 bits per heavy atom. The van der Waals surface area contributed by atoms with Crippen LogP contribution in [0.2, 0.25) is 0 Å². The van der Waals surface area contributed by atoms with Crippen LogP contribution in [0.15, 0.2) is 33.7 Å². The van der Waals surface area contributed by atoms with Crippen LogP contribution >= 0.6 is 11.8 Å². The summed E-state index contributed by atoms with van der Waals surface area (Å²) in [7, 11) is 0. The van der Waals surface area contributed by atoms with E-state index in [-0.39, 0.29) is 12.4 Å². The lowest BCUT2D eigenvalue weighted by Crippen LogP contribution is -2.11. The number of rotatable bonds is 5. The van der Waals surface area contributed by atoms with E-state index in [9.17, 15) is 5.11 Å². The molecule has 1 aromatic heterocycles. The molecule has 0 saturated carbocycles. The zero-order valence-electron chi connectivity index (χ0n) is 10.0. The molecule has 1 heterocycles. The molecule has 0 spiro atoms. The van der Waals surface area contributed by atoms with Gasteiger partial charge in [-0.3, -0.25) is 0 Å². The summed E-state index contributed by atoms with van der Waals surface area (Å²) < 4.78 is 4.93. The van der Waals surface area contributed by atoms with Gasteiger partial charge in [-0.2, -0.15) is 4.98 Å². The minimum atomic E-state index is -0.879. The number of aliphatic hydroxyl groups is 1. The van der Waals surface area contributed by atoms with Crippen LogP contribution in [0.1, 0.15) is 23.4 Å². The van der Waals surface area contributed by atoms with Gasteiger partial charge >= 0.3 is 0 Å². The highest BCUT2D eigenvalue weighted by atomic mass is 32.2. The average molecular weight is 265 g/mol. The molecule has 0 saturated heterocycles. The maximum atomic E-state index is 9.44. The molecular formula is C12H15N3O2S. The van der Waals surface area contributed by atoms with Crippen molar-refractivity contribution in [3.8, 4) is 0 Å². The summed E-state index contributed by atoms with van der Waals surface area (Å²) in [4.78, 5) is 5.24. The first-order valence-electron chi connectivity index (χ1n) is 5.59. The Kier molecular flexibility index (Phi) is 4.35. The quantitative estimate of drug-likeness (QED) is 0.800. The second-order valence-electron chi connectivity index (χ2n) is 3.91. The van der Waals surface area contributed by atoms with Gasteiger partial charge in [0.15, 0.2) is 5.82 Å². The minimum Gasteiger partial charge on any atom is -0.382 e. The summed E-state index contributed by atoms with van der Waals surface area (Å²) in [5.41, 5.74) is 6.53. The lowest BCUT2D eigenvalue weighted by Gasteiger charge is -1.99. The molecule has 2 rings (SSSR count). The molecule has 1 aromatic carbocycles. The van der Waals surface area contributed by atoms with Crippen molar-refractivity contribution in [2.45, 2.75) is 23.7 Å². The molecule has 0 fully saturated rings. The van der Waals surface area contributed by atoms with E-state index in [0.717, 1.165) is 4.90 Å². The molecule has 0 aliphatic heterocycles. The first kappa shape index (κ1) is 13.1. The molecule has 1 atom stereocenters. The second kappa shape index (κ2) is 5.99. The van der Waals surface area contributed by atoms with E-state index in [1.807, 2.05) is 25.1 Å². The van der Waals surface area contributed by atoms with Crippen LogP contribution in [-0.2, 0) is 5.75 Å². The summed E-state index contributed by atoms with van der Waals surface area (Å²) >= 11 is 1.62. The van der Waals surface area contributed by atoms with Gasteiger partial charge in [0.05, 0.1) is 5.75 Å². The zero-order chi connectivity index (χ0) is 13.0. The van der Waals surface area contributed by atoms with Gasteiger partial charge in [0, 0.05) is 11.4 Å². The summed E-state index contributed by atoms with van der Waals surface area (Å²) in [5, 5.41) is 13.2. The Hall–Kier alpha value is -1.37. The maximum Gasteiger partial charge on any atom is 0.256 e. The van der Waals surface area contributed by atoms with Gasteiger partial charge < -0.3 is 15.4 Å². The summed E-state index contributed by atoms with van der Waals surface area (Å²) in [6, 6.07) is 8.19. The molecule has 3 N–H and O–H groups in total. The van der Waals surface area contributed by atoms with Crippen molar-refractivity contribution < 1.29 is 9.63 Å². The third kappa shape index (κ3) is 3.32. The highest BCUT2D eigenvalue weighted by molar-refractivity contribution is 7.98. The Morgan fingerprint density at radius 2 is 2.33 bits per heavy atom. The smallest absolute Gasteiger partial charge is 0.256 e. The van der Waals surface area contributed by atoms with Crippen molar-refractivity contribution in [3.63, 3.8) is 0 Å². The van der Waals surface area contributed by atoms with Crippen LogP contribution < -0.4 is 5.73 Å². The van der Waals surface area contributed by atoms with E-state index in [2.05, 4.69) is 16.2 Å². The number of hydrogen-bond acceptors (Lipinski definition) is 6. The SMILES string of the molecule is Cc1cccc(SCc2noc(C(O)CN)n2)c1. The number of thioether (sulfide) groups is 1. The predicted octanol–water partition coefficient (Wildman–Crippen LogP) is 1.66. The average Bonchev–Trinajstić information content (AvgIpc) is 2.84. The molecule has 0 amide bonds. The Morgan fingerprint density at radius 1 is 1.50 bits per heavy atom. The number of hydrogen-bond donors (Lipinski definition) is 2. The Labute approximate surface area is 109 Å². The highest BCUT2D eigenvalue weighted by Gasteiger charge is 2.14. The molecule has 2 aromatic rings. The van der Waals surface area contributed by atoms with Crippen LogP contribution in [-0.4, -0.2) is 21.8 Å². The van der Waals surface area contributed by atoms with Crippen LogP contribution in [0.3, 0.4) is 0 Å². The van der Waals surface area contributed by atoms with Gasteiger partial charge in [0.25, 0.3) is 5.89 Å². The number of nitrogens with zero attached hydrogens (tertiary/aromatic N) is 2. The number of nitrogens with two attached hydrogens (primary N) is 1. The summed E-state index contributed by atoms with van der Waals surface area (Å²) in [6.45, 7) is 2.13. The fourth-order valence-electron chi connectivity index (χ4n) is 1.42. The van der Waals surface area contributed by atoms with Gasteiger partial charge in [-0.1, -0.05) is 22.9 Å². The Bertz CT molecular complexity index is 516. The standard InChI is InChI=1S/C12H15N3O2S/c1-8-3-2-4-9(5-8)18-7-11-14-12(17-15-11)10(16)6-13/h2-5,10,16H,6-7,13H2,1H3. The van der Waals surface area contributed by atoms with Crippen molar-refractivity contribution >= 4 is 11.8 Å². The van der Waals surface area contributed by atoms with Crippen molar-refractivity contribution in [3.05, 3.63) is 41.5 Å². The van der Waals surface area contributed by atoms with Crippen molar-refractivity contribution in [2.75, 3.05) is 6.54 Å². The first-order chi connectivity index (χ1) is 8.69. The topological polar surface area (TPSA) is 85.2 Å². The van der Waals surface area contributed by atoms with Gasteiger partial charge in [-0.15, -0.1) is 11.8 Å². The fourth-order valence-corrected chi connectivity index (χ4v) is 2.27. The normalized spacial score (nSPS) is 12.6. The van der Waals surface area contributed by atoms with Crippen molar-refractivity contribution in [2.24, 2.45) is 5.73 Å². The summed E-state index contributed by atoms with van der Waals surface area (Å²) in [6.07, 6.45) is -0.879. The lowest BCUT2D eigenvalue weighted by atomic mass is 10.2. The number of aromatic nitrogens is 2. The van der Waals surface area contributed by atoms with Crippen LogP contribution in [0, 0.1) is 6.92 Å². The number of aliphatic hydroxyl groups excluding tert-OH is 1. The molecule has 18 heavy (non-hydrogen) atoms. The molecule has 1 unspecified atom stereocenters. The van der Waals surface area contributed by atoms with Gasteiger partial charge in [-0.05, 0) is 19.1 Å². The molecule has 0 aliphatic rings. The van der Waals surface area contributed by atoms with E-state index >= 15 is 0 Å². The van der Waals surface area contributed by atoms with Crippen LogP contribution in [0.5, 0.6) is 0 Å². The predicted molar refractivity (Wildman–Crippen MR) is 69.1 cm³/mol. The van der Waals surface area contributed by atoms with Gasteiger partial charge in [0.2, 0.25) is 0 Å². The minimum absolute atomic E-state index is 0.0760. The third-order valence-electron chi connectivity index (χ3n) is 2.35. The van der Waals surface area contributed by atoms with E-state index in [1.54, 1.807) is 11.8 Å². The number of aryl methyl sites for hydroxylation is 1. The molecular weight excluding hydrogens is 250 g/mol. The van der Waals surface area contributed by atoms with E-state index in [0.29, 0.717) is 11.6 Å². The van der Waals surface area contributed by atoms with Crippen molar-refractivity contribution in [1.29, 1.82) is 0 Å². The molecule has 6 heteroatoms. The Balaban J connectivity index is 1.96. The van der Waals surface area contributed by atoms with Gasteiger partial charge in [-0.25, -0.2) is 0 Å².